The average Bonchev–Trinajstić information content (AvgIpc) is 2.33. The molecule has 0 aliphatic carbocycles. The van der Waals surface area contributed by atoms with Crippen LogP contribution in [0.4, 0.5) is 26.3 Å². The summed E-state index contributed by atoms with van der Waals surface area (Å²) in [5.74, 6) is 1.90. The second-order valence-corrected chi connectivity index (χ2v) is 3.47. The van der Waals surface area contributed by atoms with Crippen molar-refractivity contribution in [3.8, 4) is 11.8 Å². The number of benzene rings is 1. The molecule has 0 N–H and O–H groups in total. The number of carbonyl (C=O) groups is 1. The third kappa shape index (κ3) is 3.66. The minimum Gasteiger partial charge on any atom is -0.459 e. The minimum atomic E-state index is -5.03. The maximum Gasteiger partial charge on any atom is 0.417 e. The number of ether oxygens (including phenoxy) is 1. The Morgan fingerprint density at radius 1 is 1.05 bits per heavy atom. The fraction of sp³-hybridized carbons (Fsp3) is 0.250. The highest BCUT2D eigenvalue weighted by atomic mass is 19.4. The van der Waals surface area contributed by atoms with Gasteiger partial charge in [0, 0.05) is 11.5 Å². The van der Waals surface area contributed by atoms with Gasteiger partial charge >= 0.3 is 18.3 Å². The van der Waals surface area contributed by atoms with Crippen LogP contribution in [0.1, 0.15) is 16.7 Å². The fourth-order valence-corrected chi connectivity index (χ4v) is 1.32. The molecule has 0 saturated carbocycles. The van der Waals surface area contributed by atoms with Crippen LogP contribution in [0.5, 0.6) is 0 Å². The van der Waals surface area contributed by atoms with E-state index in [1.54, 1.807) is 11.8 Å². The first-order chi connectivity index (χ1) is 9.07. The number of hydrogen-bond donors (Lipinski definition) is 0. The van der Waals surface area contributed by atoms with E-state index in [0.717, 1.165) is 7.11 Å². The number of alkyl halides is 6. The maximum atomic E-state index is 12.7. The number of hydrogen-bond acceptors (Lipinski definition) is 2. The number of rotatable bonds is 0. The molecule has 0 atom stereocenters. The molecule has 1 rings (SSSR count). The Balaban J connectivity index is 3.56. The summed E-state index contributed by atoms with van der Waals surface area (Å²) in [4.78, 5) is 10.7. The van der Waals surface area contributed by atoms with Crippen LogP contribution in [0.3, 0.4) is 0 Å². The van der Waals surface area contributed by atoms with E-state index in [-0.39, 0.29) is 0 Å². The molecule has 0 spiro atoms. The first kappa shape index (κ1) is 15.9. The summed E-state index contributed by atoms with van der Waals surface area (Å²) >= 11 is 0. The van der Waals surface area contributed by atoms with Crippen molar-refractivity contribution in [1.29, 1.82) is 0 Å². The van der Waals surface area contributed by atoms with Crippen molar-refractivity contribution in [1.82, 2.24) is 0 Å². The van der Waals surface area contributed by atoms with E-state index in [1.807, 2.05) is 0 Å². The lowest BCUT2D eigenvalue weighted by atomic mass is 10.0. The molecule has 1 aromatic rings. The molecule has 2 nitrogen and oxygen atoms in total. The van der Waals surface area contributed by atoms with Crippen molar-refractivity contribution in [3.05, 3.63) is 34.9 Å². The normalized spacial score (nSPS) is 11.6. The summed E-state index contributed by atoms with van der Waals surface area (Å²) in [6.45, 7) is 0. The number of methoxy groups -OCH3 is 1. The Kier molecular flexibility index (Phi) is 4.33. The maximum absolute atomic E-state index is 12.7. The van der Waals surface area contributed by atoms with Gasteiger partial charge in [0.15, 0.2) is 0 Å². The van der Waals surface area contributed by atoms with Crippen molar-refractivity contribution in [3.63, 3.8) is 0 Å². The van der Waals surface area contributed by atoms with E-state index in [1.165, 1.54) is 0 Å². The van der Waals surface area contributed by atoms with Gasteiger partial charge in [-0.3, -0.25) is 0 Å². The molecule has 108 valence electrons. The Morgan fingerprint density at radius 2 is 1.50 bits per heavy atom. The first-order valence-electron chi connectivity index (χ1n) is 4.94. The summed E-state index contributed by atoms with van der Waals surface area (Å²) in [5.41, 5.74) is -4.44. The van der Waals surface area contributed by atoms with Gasteiger partial charge in [0.2, 0.25) is 0 Å². The molecule has 0 fully saturated rings. The molecule has 0 bridgehead atoms. The molecule has 0 saturated heterocycles. The van der Waals surface area contributed by atoms with Crippen molar-refractivity contribution in [2.24, 2.45) is 0 Å². The monoisotopic (exact) mass is 296 g/mol. The molecule has 0 unspecified atom stereocenters. The average molecular weight is 296 g/mol. The molecule has 0 heterocycles. The second kappa shape index (κ2) is 5.45. The van der Waals surface area contributed by atoms with Crippen LogP contribution in [0.25, 0.3) is 0 Å². The molecular weight excluding hydrogens is 290 g/mol. The van der Waals surface area contributed by atoms with Crippen LogP contribution in [-0.4, -0.2) is 13.1 Å². The summed E-state index contributed by atoms with van der Waals surface area (Å²) in [6.07, 6.45) is -10.1. The Morgan fingerprint density at radius 3 is 1.85 bits per heavy atom. The van der Waals surface area contributed by atoms with Crippen LogP contribution in [0.15, 0.2) is 18.2 Å². The van der Waals surface area contributed by atoms with E-state index < -0.39 is 35.0 Å². The number of halogens is 6. The lowest BCUT2D eigenvalue weighted by Gasteiger charge is -2.14. The zero-order valence-electron chi connectivity index (χ0n) is 9.82. The van der Waals surface area contributed by atoms with E-state index in [4.69, 9.17) is 0 Å². The highest BCUT2D eigenvalue weighted by molar-refractivity contribution is 5.89. The topological polar surface area (TPSA) is 26.3 Å². The van der Waals surface area contributed by atoms with Gasteiger partial charge in [0.05, 0.1) is 18.2 Å². The van der Waals surface area contributed by atoms with E-state index >= 15 is 0 Å². The van der Waals surface area contributed by atoms with E-state index in [9.17, 15) is 31.1 Å². The zero-order chi connectivity index (χ0) is 15.6. The predicted octanol–water partition coefficient (Wildman–Crippen LogP) is 3.25. The van der Waals surface area contributed by atoms with Gasteiger partial charge < -0.3 is 4.74 Å². The summed E-state index contributed by atoms with van der Waals surface area (Å²) < 4.78 is 80.1. The predicted molar refractivity (Wildman–Crippen MR) is 55.3 cm³/mol. The van der Waals surface area contributed by atoms with Crippen molar-refractivity contribution < 1.29 is 35.9 Å². The van der Waals surface area contributed by atoms with Gasteiger partial charge in [-0.25, -0.2) is 4.79 Å². The number of esters is 1. The summed E-state index contributed by atoms with van der Waals surface area (Å²) in [7, 11) is 0.900. The van der Waals surface area contributed by atoms with Crippen LogP contribution in [-0.2, 0) is 21.9 Å². The summed E-state index contributed by atoms with van der Waals surface area (Å²) in [6, 6.07) is 1.53. The van der Waals surface area contributed by atoms with Crippen molar-refractivity contribution >= 4 is 5.97 Å². The molecular formula is C12H6F6O2. The van der Waals surface area contributed by atoms with Crippen LogP contribution >= 0.6 is 0 Å². The molecule has 20 heavy (non-hydrogen) atoms. The molecule has 0 aliphatic heterocycles. The molecule has 0 radical (unpaired) electrons. The van der Waals surface area contributed by atoms with E-state index in [0.29, 0.717) is 18.2 Å². The third-order valence-electron chi connectivity index (χ3n) is 2.15. The standard InChI is InChI=1S/C12H6F6O2/c1-20-10(19)6-5-7-8(11(13,14)15)3-2-4-9(7)12(16,17)18/h2-4H,1H3. The Hall–Kier alpha value is -2.17. The molecule has 0 aliphatic rings. The molecule has 0 aromatic heterocycles. The minimum absolute atomic E-state index is 0.455. The van der Waals surface area contributed by atoms with E-state index in [2.05, 4.69) is 4.74 Å². The molecule has 8 heteroatoms. The lowest BCUT2D eigenvalue weighted by molar-refractivity contribution is -0.143. The van der Waals surface area contributed by atoms with Crippen molar-refractivity contribution in [2.45, 2.75) is 12.4 Å². The van der Waals surface area contributed by atoms with Gasteiger partial charge in [-0.15, -0.1) is 0 Å². The molecule has 1 aromatic carbocycles. The van der Waals surface area contributed by atoms with Gasteiger partial charge in [0.25, 0.3) is 0 Å². The summed E-state index contributed by atoms with van der Waals surface area (Å²) in [5, 5.41) is 0. The van der Waals surface area contributed by atoms with Crippen LogP contribution in [0.2, 0.25) is 0 Å². The number of carbonyl (C=O) groups excluding carboxylic acids is 1. The van der Waals surface area contributed by atoms with Gasteiger partial charge in [-0.1, -0.05) is 12.0 Å². The first-order valence-corrected chi connectivity index (χ1v) is 4.94. The zero-order valence-corrected chi connectivity index (χ0v) is 9.82. The largest absolute Gasteiger partial charge is 0.459 e. The van der Waals surface area contributed by atoms with Gasteiger partial charge in [-0.2, -0.15) is 26.3 Å². The third-order valence-corrected chi connectivity index (χ3v) is 2.15. The molecule has 0 amide bonds. The van der Waals surface area contributed by atoms with Crippen LogP contribution in [0, 0.1) is 11.8 Å². The van der Waals surface area contributed by atoms with Gasteiger partial charge in [0.1, 0.15) is 0 Å². The SMILES string of the molecule is COC(=O)C#Cc1c(C(F)(F)F)cccc1C(F)(F)F. The Bertz CT molecular complexity index is 542. The quantitative estimate of drug-likeness (QED) is 0.417. The smallest absolute Gasteiger partial charge is 0.417 e. The highest BCUT2D eigenvalue weighted by Crippen LogP contribution is 2.38. The Labute approximate surface area is 109 Å². The lowest BCUT2D eigenvalue weighted by Crippen LogP contribution is -2.15. The fourth-order valence-electron chi connectivity index (χ4n) is 1.32. The van der Waals surface area contributed by atoms with Crippen LogP contribution < -0.4 is 0 Å². The van der Waals surface area contributed by atoms with Crippen molar-refractivity contribution in [2.75, 3.05) is 7.11 Å². The highest BCUT2D eigenvalue weighted by Gasteiger charge is 2.40. The second-order valence-electron chi connectivity index (χ2n) is 3.47. The van der Waals surface area contributed by atoms with Gasteiger partial charge in [-0.05, 0) is 12.1 Å².